The summed E-state index contributed by atoms with van der Waals surface area (Å²) in [6.45, 7) is 7.46. The van der Waals surface area contributed by atoms with Gasteiger partial charge in [0.15, 0.2) is 0 Å². The minimum atomic E-state index is -0.179. The van der Waals surface area contributed by atoms with Crippen LogP contribution in [-0.4, -0.2) is 16.4 Å². The van der Waals surface area contributed by atoms with Gasteiger partial charge < -0.3 is 4.90 Å². The van der Waals surface area contributed by atoms with Gasteiger partial charge >= 0.3 is 0 Å². The molecule has 0 radical (unpaired) electrons. The predicted octanol–water partition coefficient (Wildman–Crippen LogP) is 4.34. The van der Waals surface area contributed by atoms with Gasteiger partial charge in [0.1, 0.15) is 5.82 Å². The lowest BCUT2D eigenvalue weighted by Crippen LogP contribution is -2.37. The van der Waals surface area contributed by atoms with E-state index >= 15 is 0 Å². The Hall–Kier alpha value is -0.960. The van der Waals surface area contributed by atoms with Gasteiger partial charge in [-0.1, -0.05) is 45.1 Å². The largest absolute Gasteiger partial charge is 0.359 e. The molecule has 1 aliphatic rings. The van der Waals surface area contributed by atoms with Crippen LogP contribution in [0.25, 0.3) is 0 Å². The van der Waals surface area contributed by atoms with Crippen LogP contribution < -0.4 is 0 Å². The van der Waals surface area contributed by atoms with E-state index in [1.807, 2.05) is 12.1 Å². The van der Waals surface area contributed by atoms with E-state index < -0.39 is 0 Å². The maximum absolute atomic E-state index is 13.0. The molecule has 0 spiro atoms. The molecule has 1 atom stereocenters. The molecule has 0 saturated carbocycles. The summed E-state index contributed by atoms with van der Waals surface area (Å²) in [6.07, 6.45) is 2.25. The average molecular weight is 265 g/mol. The maximum atomic E-state index is 13.0. The van der Waals surface area contributed by atoms with Gasteiger partial charge in [-0.25, -0.2) is 4.39 Å². The van der Waals surface area contributed by atoms with E-state index in [0.29, 0.717) is 6.04 Å². The van der Waals surface area contributed by atoms with Crippen molar-refractivity contribution in [1.82, 2.24) is 4.90 Å². The van der Waals surface area contributed by atoms with Gasteiger partial charge in [0.25, 0.3) is 0 Å². The summed E-state index contributed by atoms with van der Waals surface area (Å²) in [5.74, 6) is -0.179. The Morgan fingerprint density at radius 1 is 1.28 bits per heavy atom. The molecule has 3 heteroatoms. The number of rotatable bonds is 1. The van der Waals surface area contributed by atoms with Gasteiger partial charge in [0.05, 0.1) is 11.0 Å². The summed E-state index contributed by atoms with van der Waals surface area (Å²) >= 11 is 5.61. The van der Waals surface area contributed by atoms with Crippen molar-refractivity contribution in [2.24, 2.45) is 5.41 Å². The molecule has 1 unspecified atom stereocenters. The van der Waals surface area contributed by atoms with Gasteiger partial charge in [-0.2, -0.15) is 0 Å². The summed E-state index contributed by atoms with van der Waals surface area (Å²) in [5, 5.41) is 0. The molecule has 0 aromatic heterocycles. The van der Waals surface area contributed by atoms with Crippen LogP contribution in [0.3, 0.4) is 0 Å². The van der Waals surface area contributed by atoms with Crippen LogP contribution in [0.1, 0.15) is 45.2 Å². The van der Waals surface area contributed by atoms with Crippen molar-refractivity contribution in [2.75, 3.05) is 6.54 Å². The van der Waals surface area contributed by atoms with E-state index in [0.717, 1.165) is 24.4 Å². The summed E-state index contributed by atoms with van der Waals surface area (Å²) in [7, 11) is 0. The van der Waals surface area contributed by atoms with Crippen molar-refractivity contribution >= 4 is 17.2 Å². The van der Waals surface area contributed by atoms with Gasteiger partial charge in [-0.05, 0) is 30.5 Å². The van der Waals surface area contributed by atoms with Crippen molar-refractivity contribution in [1.29, 1.82) is 0 Å². The van der Waals surface area contributed by atoms with Gasteiger partial charge in [0, 0.05) is 12.0 Å². The molecule has 98 valence electrons. The molecular weight excluding hydrogens is 245 g/mol. The number of hydrogen-bond donors (Lipinski definition) is 0. The number of likely N-dealkylation sites (tertiary alicyclic amines) is 1. The summed E-state index contributed by atoms with van der Waals surface area (Å²) in [5.41, 5.74) is 1.18. The molecule has 2 rings (SSSR count). The Kier molecular flexibility index (Phi) is 3.71. The zero-order chi connectivity index (χ0) is 13.3. The van der Waals surface area contributed by atoms with E-state index in [2.05, 4.69) is 25.7 Å². The van der Waals surface area contributed by atoms with Crippen LogP contribution >= 0.6 is 12.2 Å². The summed E-state index contributed by atoms with van der Waals surface area (Å²) in [4.78, 5) is 3.32. The molecular formula is C15H20FNS. The zero-order valence-corrected chi connectivity index (χ0v) is 12.1. The average Bonchev–Trinajstić information content (AvgIpc) is 2.76. The molecule has 1 nitrogen and oxygen atoms in total. The topological polar surface area (TPSA) is 3.24 Å². The number of nitrogens with zero attached hydrogens (tertiary/aromatic N) is 1. The highest BCUT2D eigenvalue weighted by molar-refractivity contribution is 7.80. The first-order valence-electron chi connectivity index (χ1n) is 6.46. The lowest BCUT2D eigenvalue weighted by molar-refractivity contribution is 0.364. The lowest BCUT2D eigenvalue weighted by atomic mass is 9.94. The molecule has 1 aliphatic heterocycles. The predicted molar refractivity (Wildman–Crippen MR) is 77.1 cm³/mol. The van der Waals surface area contributed by atoms with Crippen LogP contribution in [0, 0.1) is 11.2 Å². The molecule has 1 aromatic carbocycles. The second-order valence-corrected chi connectivity index (χ2v) is 6.34. The van der Waals surface area contributed by atoms with Crippen LogP contribution in [0.4, 0.5) is 4.39 Å². The SMILES string of the molecule is CC(C)(C)C(=S)N1CCCC1c1ccc(F)cc1. The quantitative estimate of drug-likeness (QED) is 0.695. The van der Waals surface area contributed by atoms with Crippen molar-refractivity contribution in [2.45, 2.75) is 39.7 Å². The van der Waals surface area contributed by atoms with Gasteiger partial charge in [-0.15, -0.1) is 0 Å². The Labute approximate surface area is 114 Å². The van der Waals surface area contributed by atoms with E-state index in [-0.39, 0.29) is 11.2 Å². The minimum Gasteiger partial charge on any atom is -0.359 e. The Morgan fingerprint density at radius 3 is 2.44 bits per heavy atom. The van der Waals surface area contributed by atoms with Crippen LogP contribution in [0.15, 0.2) is 24.3 Å². The molecule has 1 heterocycles. The zero-order valence-electron chi connectivity index (χ0n) is 11.2. The fraction of sp³-hybridized carbons (Fsp3) is 0.533. The molecule has 0 N–H and O–H groups in total. The highest BCUT2D eigenvalue weighted by atomic mass is 32.1. The molecule has 18 heavy (non-hydrogen) atoms. The summed E-state index contributed by atoms with van der Waals surface area (Å²) in [6, 6.07) is 7.14. The van der Waals surface area contributed by atoms with Crippen molar-refractivity contribution in [3.8, 4) is 0 Å². The van der Waals surface area contributed by atoms with Crippen LogP contribution in [0.2, 0.25) is 0 Å². The van der Waals surface area contributed by atoms with Crippen molar-refractivity contribution in [3.63, 3.8) is 0 Å². The molecule has 1 fully saturated rings. The second kappa shape index (κ2) is 4.96. The van der Waals surface area contributed by atoms with Crippen molar-refractivity contribution in [3.05, 3.63) is 35.6 Å². The number of halogens is 1. The first-order valence-corrected chi connectivity index (χ1v) is 6.87. The first kappa shape index (κ1) is 13.5. The van der Waals surface area contributed by atoms with Crippen molar-refractivity contribution < 1.29 is 4.39 Å². The van der Waals surface area contributed by atoms with E-state index in [1.54, 1.807) is 0 Å². The Balaban J connectivity index is 2.22. The lowest BCUT2D eigenvalue weighted by Gasteiger charge is -2.34. The molecule has 1 saturated heterocycles. The highest BCUT2D eigenvalue weighted by Gasteiger charge is 2.32. The third-order valence-corrected chi connectivity index (χ3v) is 4.26. The third-order valence-electron chi connectivity index (χ3n) is 3.41. The van der Waals surface area contributed by atoms with Crippen LogP contribution in [0.5, 0.6) is 0 Å². The number of hydrogen-bond acceptors (Lipinski definition) is 1. The third kappa shape index (κ3) is 2.72. The number of thiocarbonyl (C=S) groups is 1. The Morgan fingerprint density at radius 2 is 1.89 bits per heavy atom. The highest BCUT2D eigenvalue weighted by Crippen LogP contribution is 2.35. The fourth-order valence-corrected chi connectivity index (χ4v) is 2.69. The van der Waals surface area contributed by atoms with E-state index in [4.69, 9.17) is 12.2 Å². The maximum Gasteiger partial charge on any atom is 0.123 e. The van der Waals surface area contributed by atoms with Gasteiger partial charge in [0.2, 0.25) is 0 Å². The van der Waals surface area contributed by atoms with Crippen LogP contribution in [-0.2, 0) is 0 Å². The van der Waals surface area contributed by atoms with Gasteiger partial charge in [-0.3, -0.25) is 0 Å². The van der Waals surface area contributed by atoms with E-state index in [9.17, 15) is 4.39 Å². The number of benzene rings is 1. The second-order valence-electron chi connectivity index (χ2n) is 5.96. The Bertz CT molecular complexity index is 433. The molecule has 0 bridgehead atoms. The first-order chi connectivity index (χ1) is 8.39. The standard InChI is InChI=1S/C15H20FNS/c1-15(2,3)14(18)17-10-4-5-13(17)11-6-8-12(16)9-7-11/h6-9,13H,4-5,10H2,1-3H3. The smallest absolute Gasteiger partial charge is 0.123 e. The molecule has 0 aliphatic carbocycles. The monoisotopic (exact) mass is 265 g/mol. The molecule has 1 aromatic rings. The minimum absolute atomic E-state index is 0.0119. The summed E-state index contributed by atoms with van der Waals surface area (Å²) < 4.78 is 13.0. The molecule has 0 amide bonds. The van der Waals surface area contributed by atoms with E-state index in [1.165, 1.54) is 17.7 Å². The normalized spacial score (nSPS) is 20.2. The fourth-order valence-electron chi connectivity index (χ4n) is 2.47.